The predicted molar refractivity (Wildman–Crippen MR) is 123 cm³/mol. The van der Waals surface area contributed by atoms with Gasteiger partial charge in [-0.3, -0.25) is 4.90 Å². The molecule has 4 fully saturated rings. The average molecular weight is 450 g/mol. The van der Waals surface area contributed by atoms with Crippen molar-refractivity contribution in [2.45, 2.75) is 44.2 Å². The highest BCUT2D eigenvalue weighted by Gasteiger charge is 2.37. The maximum absolute atomic E-state index is 12.7. The fourth-order valence-corrected chi connectivity index (χ4v) is 5.20. The van der Waals surface area contributed by atoms with E-state index < -0.39 is 0 Å². The van der Waals surface area contributed by atoms with Gasteiger partial charge in [-0.15, -0.1) is 0 Å². The molecule has 5 heterocycles. The van der Waals surface area contributed by atoms with Crippen molar-refractivity contribution in [3.63, 3.8) is 0 Å². The number of pyridine rings is 1. The van der Waals surface area contributed by atoms with Crippen LogP contribution in [0.1, 0.15) is 43.7 Å². The summed E-state index contributed by atoms with van der Waals surface area (Å²) in [5, 5.41) is 3.09. The number of hydrogen-bond acceptors (Lipinski definition) is 6. The Morgan fingerprint density at radius 1 is 1.09 bits per heavy atom. The van der Waals surface area contributed by atoms with Gasteiger partial charge in [-0.05, 0) is 68.3 Å². The van der Waals surface area contributed by atoms with Crippen molar-refractivity contribution in [2.24, 2.45) is 11.8 Å². The maximum Gasteiger partial charge on any atom is 0.407 e. The topological polar surface area (TPSA) is 72.9 Å². The van der Waals surface area contributed by atoms with Crippen molar-refractivity contribution in [2.75, 3.05) is 32.8 Å². The van der Waals surface area contributed by atoms with E-state index in [9.17, 15) is 4.79 Å². The summed E-state index contributed by atoms with van der Waals surface area (Å²) < 4.78 is 17.5. The lowest BCUT2D eigenvalue weighted by Gasteiger charge is -2.44. The molecule has 174 valence electrons. The number of rotatable bonds is 6. The minimum atomic E-state index is -0.318. The average Bonchev–Trinajstić information content (AvgIpc) is 3.68. The molecule has 7 rings (SSSR count). The zero-order valence-corrected chi connectivity index (χ0v) is 18.9. The normalized spacial score (nSPS) is 27.9. The van der Waals surface area contributed by atoms with Crippen molar-refractivity contribution in [3.8, 4) is 22.8 Å². The maximum atomic E-state index is 12.7. The van der Waals surface area contributed by atoms with Gasteiger partial charge in [0.05, 0.1) is 19.3 Å². The number of fused-ring (bicyclic) bond motifs is 4. The molecule has 1 unspecified atom stereocenters. The highest BCUT2D eigenvalue weighted by molar-refractivity contribution is 5.70. The minimum Gasteiger partial charge on any atom is -0.493 e. The van der Waals surface area contributed by atoms with E-state index in [0.29, 0.717) is 24.3 Å². The van der Waals surface area contributed by atoms with E-state index in [-0.39, 0.29) is 18.2 Å². The predicted octanol–water partition coefficient (Wildman–Crippen LogP) is 4.18. The van der Waals surface area contributed by atoms with Crippen LogP contribution >= 0.6 is 0 Å². The van der Waals surface area contributed by atoms with Gasteiger partial charge >= 0.3 is 6.09 Å². The third-order valence-electron chi connectivity index (χ3n) is 7.43. The van der Waals surface area contributed by atoms with Crippen molar-refractivity contribution >= 4 is 6.09 Å². The van der Waals surface area contributed by atoms with Crippen LogP contribution in [0.3, 0.4) is 0 Å². The van der Waals surface area contributed by atoms with Crippen molar-refractivity contribution < 1.29 is 19.0 Å². The molecule has 1 aromatic heterocycles. The molecule has 1 aliphatic carbocycles. The van der Waals surface area contributed by atoms with E-state index in [0.717, 1.165) is 67.9 Å². The largest absolute Gasteiger partial charge is 0.493 e. The number of aromatic nitrogens is 1. The van der Waals surface area contributed by atoms with Crippen LogP contribution in [0, 0.1) is 11.8 Å². The van der Waals surface area contributed by atoms with Gasteiger partial charge in [-0.25, -0.2) is 9.78 Å². The van der Waals surface area contributed by atoms with Crippen molar-refractivity contribution in [1.29, 1.82) is 0 Å². The van der Waals surface area contributed by atoms with Crippen LogP contribution in [0.2, 0.25) is 0 Å². The second-order valence-corrected chi connectivity index (χ2v) is 9.81. The third-order valence-corrected chi connectivity index (χ3v) is 7.43. The quantitative estimate of drug-likeness (QED) is 0.713. The lowest BCUT2D eigenvalue weighted by molar-refractivity contribution is -0.0342. The summed E-state index contributed by atoms with van der Waals surface area (Å²) in [7, 11) is 0. The molecule has 5 aliphatic rings. The highest BCUT2D eigenvalue weighted by atomic mass is 16.6. The molecule has 1 aromatic carbocycles. The summed E-state index contributed by atoms with van der Waals surface area (Å²) in [5.41, 5.74) is 3.04. The summed E-state index contributed by atoms with van der Waals surface area (Å²) in [6.07, 6.45) is 7.05. The van der Waals surface area contributed by atoms with Gasteiger partial charge in [0.25, 0.3) is 0 Å². The Bertz CT molecular complexity index is 999. The zero-order valence-electron chi connectivity index (χ0n) is 18.9. The van der Waals surface area contributed by atoms with Gasteiger partial charge in [0, 0.05) is 36.4 Å². The summed E-state index contributed by atoms with van der Waals surface area (Å²) in [5.74, 6) is 2.69. The number of nitrogens with one attached hydrogen (secondary N) is 1. The molecule has 4 aliphatic heterocycles. The summed E-state index contributed by atoms with van der Waals surface area (Å²) in [4.78, 5) is 19.5. The van der Waals surface area contributed by atoms with Crippen LogP contribution in [0.15, 0.2) is 36.5 Å². The third kappa shape index (κ3) is 4.64. The molecule has 7 heteroatoms. The van der Waals surface area contributed by atoms with E-state index >= 15 is 0 Å². The molecule has 2 bridgehead atoms. The van der Waals surface area contributed by atoms with Gasteiger partial charge in [0.15, 0.2) is 0 Å². The molecule has 1 saturated carbocycles. The number of carbonyl (C=O) groups is 1. The SMILES string of the molecule is O=C(NC1CCOc2cc(-c3ccc(OCC4CC4)nc3)ccc21)O[C@H]1CN2CCC1CC2. The summed E-state index contributed by atoms with van der Waals surface area (Å²) in [6.45, 7) is 4.45. The number of alkyl carbamates (subject to hydrolysis) is 1. The molecule has 0 radical (unpaired) electrons. The fourth-order valence-electron chi connectivity index (χ4n) is 5.20. The molecule has 1 amide bonds. The van der Waals surface area contributed by atoms with Gasteiger partial charge in [-0.1, -0.05) is 12.1 Å². The summed E-state index contributed by atoms with van der Waals surface area (Å²) in [6, 6.07) is 9.98. The smallest absolute Gasteiger partial charge is 0.407 e. The lowest BCUT2D eigenvalue weighted by Crippen LogP contribution is -2.52. The molecule has 33 heavy (non-hydrogen) atoms. The molecule has 0 spiro atoms. The second kappa shape index (κ2) is 8.86. The van der Waals surface area contributed by atoms with Gasteiger partial charge < -0.3 is 19.5 Å². The van der Waals surface area contributed by atoms with Crippen LogP contribution in [0.4, 0.5) is 4.79 Å². The number of carbonyl (C=O) groups excluding carboxylic acids is 1. The number of hydrogen-bond donors (Lipinski definition) is 1. The number of piperidine rings is 3. The van der Waals surface area contributed by atoms with Crippen LogP contribution in [0.25, 0.3) is 11.1 Å². The van der Waals surface area contributed by atoms with Crippen LogP contribution in [0.5, 0.6) is 11.6 Å². The van der Waals surface area contributed by atoms with Crippen molar-refractivity contribution in [1.82, 2.24) is 15.2 Å². The van der Waals surface area contributed by atoms with E-state index in [2.05, 4.69) is 21.3 Å². The molecule has 3 saturated heterocycles. The van der Waals surface area contributed by atoms with E-state index in [1.165, 1.54) is 12.8 Å². The molecule has 7 nitrogen and oxygen atoms in total. The first kappa shape index (κ1) is 20.8. The van der Waals surface area contributed by atoms with Gasteiger partial charge in [-0.2, -0.15) is 0 Å². The van der Waals surface area contributed by atoms with Crippen LogP contribution in [-0.4, -0.2) is 54.9 Å². The molecule has 1 N–H and O–H groups in total. The van der Waals surface area contributed by atoms with E-state index in [4.69, 9.17) is 14.2 Å². The van der Waals surface area contributed by atoms with E-state index in [1.807, 2.05) is 30.5 Å². The zero-order chi connectivity index (χ0) is 22.2. The van der Waals surface area contributed by atoms with Crippen LogP contribution < -0.4 is 14.8 Å². The second-order valence-electron chi connectivity index (χ2n) is 9.81. The van der Waals surface area contributed by atoms with Gasteiger partial charge in [0.2, 0.25) is 5.88 Å². The molecular weight excluding hydrogens is 418 g/mol. The first-order chi connectivity index (χ1) is 16.2. The minimum absolute atomic E-state index is 0.0120. The van der Waals surface area contributed by atoms with E-state index in [1.54, 1.807) is 0 Å². The van der Waals surface area contributed by atoms with Gasteiger partial charge in [0.1, 0.15) is 11.9 Å². The number of ether oxygens (including phenoxy) is 3. The number of benzene rings is 1. The summed E-state index contributed by atoms with van der Waals surface area (Å²) >= 11 is 0. The number of amides is 1. The Kier molecular flexibility index (Phi) is 5.58. The molecular formula is C26H31N3O4. The Morgan fingerprint density at radius 3 is 2.67 bits per heavy atom. The first-order valence-electron chi connectivity index (χ1n) is 12.3. The first-order valence-corrected chi connectivity index (χ1v) is 12.3. The van der Waals surface area contributed by atoms with Crippen LogP contribution in [-0.2, 0) is 4.74 Å². The fraction of sp³-hybridized carbons (Fsp3) is 0.538. The Hall–Kier alpha value is -2.80. The Labute approximate surface area is 194 Å². The lowest BCUT2D eigenvalue weighted by atomic mass is 9.86. The molecule has 2 atom stereocenters. The van der Waals surface area contributed by atoms with Crippen molar-refractivity contribution in [3.05, 3.63) is 42.1 Å². The number of nitrogens with zero attached hydrogens (tertiary/aromatic N) is 2. The molecule has 2 aromatic rings. The highest BCUT2D eigenvalue weighted by Crippen LogP contribution is 2.36. The monoisotopic (exact) mass is 449 g/mol. The Balaban J connectivity index is 1.10. The Morgan fingerprint density at radius 2 is 1.94 bits per heavy atom. The standard InChI is InChI=1S/C26H31N3O4/c30-26(33-24-15-29-10-7-18(24)8-11-29)28-22-9-12-31-23-13-19(3-5-21(22)23)20-4-6-25(27-14-20)32-16-17-1-2-17/h3-6,13-14,17-18,22,24H,1-2,7-12,15-16H2,(H,28,30)/t22?,24-/m0/s1.